The maximum Gasteiger partial charge on any atom is 0.259 e. The van der Waals surface area contributed by atoms with Gasteiger partial charge in [-0.15, -0.1) is 0 Å². The van der Waals surface area contributed by atoms with Gasteiger partial charge in [-0.2, -0.15) is 0 Å². The predicted octanol–water partition coefficient (Wildman–Crippen LogP) is 4.93. The molecule has 0 bridgehead atoms. The summed E-state index contributed by atoms with van der Waals surface area (Å²) in [6.45, 7) is 6.58. The van der Waals surface area contributed by atoms with Crippen molar-refractivity contribution in [3.8, 4) is 0 Å². The van der Waals surface area contributed by atoms with Crippen LogP contribution in [0.3, 0.4) is 0 Å². The van der Waals surface area contributed by atoms with E-state index in [1.165, 1.54) is 6.26 Å². The fraction of sp³-hybridized carbons (Fsp3) is 0.541. The zero-order valence-electron chi connectivity index (χ0n) is 27.9. The highest BCUT2D eigenvalue weighted by Gasteiger charge is 2.43. The topological polar surface area (TPSA) is 111 Å². The molecule has 3 aliphatic rings. The number of hydrogen-bond acceptors (Lipinski definition) is 8. The van der Waals surface area contributed by atoms with E-state index in [4.69, 9.17) is 18.6 Å². The number of carbonyl (C=O) groups excluding carboxylic acids is 3. The maximum absolute atomic E-state index is 14.0. The standard InChI is InChI=1S/C37H47N3O7/c1-23-14-32(38-37(43)31-22-47-33-8-6-5-7-30(31)33)24(2)13-26(23)15-36(42)40-17-27(39-18-34(44-3)35(19-39)45-4)16-28(40)21-46-29-11-9-25(20-41)10-12-29/h5-8,13-14,20,22,25,27-29,34-35H,9-12,15-19,21H2,1-4H3,(H,38,43)/t25-,27-,28-,29-,34+,35+/m0/s1. The van der Waals surface area contributed by atoms with Crippen molar-refractivity contribution >= 4 is 34.8 Å². The highest BCUT2D eigenvalue weighted by molar-refractivity contribution is 6.12. The minimum atomic E-state index is -0.236. The Morgan fingerprint density at radius 3 is 2.40 bits per heavy atom. The number of anilines is 1. The van der Waals surface area contributed by atoms with Crippen LogP contribution in [0, 0.1) is 19.8 Å². The first-order valence-corrected chi connectivity index (χ1v) is 16.8. The highest BCUT2D eigenvalue weighted by Crippen LogP contribution is 2.31. The molecule has 2 aromatic carbocycles. The number of likely N-dealkylation sites (tertiary alicyclic amines) is 2. The quantitative estimate of drug-likeness (QED) is 0.292. The van der Waals surface area contributed by atoms with Gasteiger partial charge in [-0.3, -0.25) is 14.5 Å². The number of hydrogen-bond donors (Lipinski definition) is 1. The minimum Gasteiger partial charge on any atom is -0.463 e. The van der Waals surface area contributed by atoms with Crippen molar-refractivity contribution < 1.29 is 33.0 Å². The second-order valence-corrected chi connectivity index (χ2v) is 13.5. The number of para-hydroxylation sites is 1. The van der Waals surface area contributed by atoms with Crippen molar-refractivity contribution in [2.75, 3.05) is 45.8 Å². The Labute approximate surface area is 276 Å². The van der Waals surface area contributed by atoms with E-state index in [2.05, 4.69) is 10.2 Å². The number of rotatable bonds is 11. The molecule has 0 unspecified atom stereocenters. The summed E-state index contributed by atoms with van der Waals surface area (Å²) in [6.07, 6.45) is 7.26. The van der Waals surface area contributed by atoms with Gasteiger partial charge < -0.3 is 33.6 Å². The molecule has 47 heavy (non-hydrogen) atoms. The molecule has 2 amide bonds. The van der Waals surface area contributed by atoms with Crippen molar-refractivity contribution in [2.45, 2.75) is 82.8 Å². The summed E-state index contributed by atoms with van der Waals surface area (Å²) < 4.78 is 23.4. The molecule has 0 radical (unpaired) electrons. The minimum absolute atomic E-state index is 0.00400. The molecule has 10 heteroatoms. The SMILES string of the molecule is CO[C@@H]1CN([C@H]2C[C@@H](CO[C@H]3CC[C@H](C=O)CC3)N(C(=O)Cc3cc(C)c(NC(=O)c4coc5ccccc45)cc3C)C2)C[C@H]1OC. The summed E-state index contributed by atoms with van der Waals surface area (Å²) in [7, 11) is 3.45. The molecule has 1 saturated carbocycles. The molecule has 1 aliphatic carbocycles. The van der Waals surface area contributed by atoms with Crippen molar-refractivity contribution in [3.63, 3.8) is 0 Å². The number of amides is 2. The number of ether oxygens (including phenoxy) is 3. The monoisotopic (exact) mass is 645 g/mol. The fourth-order valence-electron chi connectivity index (χ4n) is 7.59. The zero-order valence-corrected chi connectivity index (χ0v) is 27.9. The Balaban J connectivity index is 1.14. The van der Waals surface area contributed by atoms with Gasteiger partial charge in [-0.25, -0.2) is 0 Å². The largest absolute Gasteiger partial charge is 0.463 e. The van der Waals surface area contributed by atoms with Crippen molar-refractivity contribution in [1.82, 2.24) is 9.80 Å². The molecule has 2 saturated heterocycles. The van der Waals surface area contributed by atoms with Gasteiger partial charge in [-0.05, 0) is 74.8 Å². The number of nitrogens with zero attached hydrogens (tertiary/aromatic N) is 2. The summed E-state index contributed by atoms with van der Waals surface area (Å²) in [5.74, 6) is -0.0285. The lowest BCUT2D eigenvalue weighted by Gasteiger charge is -2.29. The molecule has 1 N–H and O–H groups in total. The number of methoxy groups -OCH3 is 2. The molecule has 3 aromatic rings. The van der Waals surface area contributed by atoms with Crippen LogP contribution in [0.25, 0.3) is 11.0 Å². The van der Waals surface area contributed by atoms with E-state index in [9.17, 15) is 14.4 Å². The number of benzene rings is 2. The Kier molecular flexibility index (Phi) is 10.4. The predicted molar refractivity (Wildman–Crippen MR) is 179 cm³/mol. The maximum atomic E-state index is 14.0. The molecule has 3 heterocycles. The van der Waals surface area contributed by atoms with Crippen LogP contribution < -0.4 is 5.32 Å². The second-order valence-electron chi connectivity index (χ2n) is 13.5. The summed E-state index contributed by atoms with van der Waals surface area (Å²) in [5.41, 5.74) is 4.63. The smallest absolute Gasteiger partial charge is 0.259 e. The van der Waals surface area contributed by atoms with Crippen LogP contribution in [-0.4, -0.2) is 98.8 Å². The first-order valence-electron chi connectivity index (χ1n) is 16.8. The van der Waals surface area contributed by atoms with E-state index in [0.717, 1.165) is 73.6 Å². The van der Waals surface area contributed by atoms with E-state index in [0.29, 0.717) is 30.0 Å². The Morgan fingerprint density at radius 1 is 0.979 bits per heavy atom. The lowest BCUT2D eigenvalue weighted by molar-refractivity contribution is -0.133. The van der Waals surface area contributed by atoms with Gasteiger partial charge in [0.15, 0.2) is 0 Å². The molecule has 4 atom stereocenters. The van der Waals surface area contributed by atoms with E-state index in [1.54, 1.807) is 14.2 Å². The molecule has 10 nitrogen and oxygen atoms in total. The van der Waals surface area contributed by atoms with Gasteiger partial charge in [0.25, 0.3) is 5.91 Å². The van der Waals surface area contributed by atoms with E-state index >= 15 is 0 Å². The van der Waals surface area contributed by atoms with Crippen molar-refractivity contribution in [1.29, 1.82) is 0 Å². The van der Waals surface area contributed by atoms with Gasteiger partial charge in [0, 0.05) is 56.9 Å². The van der Waals surface area contributed by atoms with E-state index < -0.39 is 0 Å². The summed E-state index contributed by atoms with van der Waals surface area (Å²) in [5, 5.41) is 3.81. The van der Waals surface area contributed by atoms with Gasteiger partial charge in [0.2, 0.25) is 5.91 Å². The zero-order chi connectivity index (χ0) is 33.1. The van der Waals surface area contributed by atoms with Crippen LogP contribution in [0.15, 0.2) is 47.1 Å². The van der Waals surface area contributed by atoms with Crippen LogP contribution in [0.1, 0.15) is 59.2 Å². The van der Waals surface area contributed by atoms with Crippen LogP contribution in [0.5, 0.6) is 0 Å². The molecule has 0 spiro atoms. The van der Waals surface area contributed by atoms with Gasteiger partial charge in [0.1, 0.15) is 18.1 Å². The number of carbonyl (C=O) groups is 3. The van der Waals surface area contributed by atoms with Crippen LogP contribution in [0.2, 0.25) is 0 Å². The molecular weight excluding hydrogens is 598 g/mol. The molecule has 252 valence electrons. The second kappa shape index (κ2) is 14.7. The van der Waals surface area contributed by atoms with Crippen LogP contribution in [0.4, 0.5) is 5.69 Å². The van der Waals surface area contributed by atoms with E-state index in [1.807, 2.05) is 55.1 Å². The Bertz CT molecular complexity index is 1570. The number of aldehydes is 1. The molecule has 3 fully saturated rings. The average Bonchev–Trinajstić information content (AvgIpc) is 3.83. The Morgan fingerprint density at radius 2 is 1.70 bits per heavy atom. The Hall–Kier alpha value is -3.57. The molecule has 6 rings (SSSR count). The molecule has 1 aromatic heterocycles. The van der Waals surface area contributed by atoms with Crippen molar-refractivity contribution in [3.05, 3.63) is 64.9 Å². The highest BCUT2D eigenvalue weighted by atomic mass is 16.5. The molecule has 2 aliphatic heterocycles. The number of fused-ring (bicyclic) bond motifs is 1. The number of aryl methyl sites for hydroxylation is 2. The van der Waals surface area contributed by atoms with Crippen molar-refractivity contribution in [2.24, 2.45) is 5.92 Å². The summed E-state index contributed by atoms with van der Waals surface area (Å²) in [4.78, 5) is 42.9. The summed E-state index contributed by atoms with van der Waals surface area (Å²) >= 11 is 0. The average molecular weight is 646 g/mol. The third-order valence-electron chi connectivity index (χ3n) is 10.5. The fourth-order valence-corrected chi connectivity index (χ4v) is 7.59. The first-order chi connectivity index (χ1) is 22.8. The van der Waals surface area contributed by atoms with Gasteiger partial charge in [0.05, 0.1) is 42.9 Å². The van der Waals surface area contributed by atoms with E-state index in [-0.39, 0.29) is 54.5 Å². The number of nitrogens with one attached hydrogen (secondary N) is 1. The lowest BCUT2D eigenvalue weighted by atomic mass is 9.88. The third kappa shape index (κ3) is 7.31. The first kappa shape index (κ1) is 33.3. The summed E-state index contributed by atoms with van der Waals surface area (Å²) in [6, 6.07) is 11.6. The lowest BCUT2D eigenvalue weighted by Crippen LogP contribution is -2.41. The van der Waals surface area contributed by atoms with Gasteiger partial charge in [-0.1, -0.05) is 24.3 Å². The normalized spacial score (nSPS) is 26.6. The van der Waals surface area contributed by atoms with Crippen LogP contribution >= 0.6 is 0 Å². The van der Waals surface area contributed by atoms with Gasteiger partial charge >= 0.3 is 0 Å². The van der Waals surface area contributed by atoms with Crippen LogP contribution in [-0.2, 0) is 30.2 Å². The molecular formula is C37H47N3O7. The number of furan rings is 1. The third-order valence-corrected chi connectivity index (χ3v) is 10.5.